The van der Waals surface area contributed by atoms with E-state index in [4.69, 9.17) is 17.3 Å². The van der Waals surface area contributed by atoms with E-state index in [-0.39, 0.29) is 0 Å². The SMILES string of the molecule is Cn1c(N)nc(-c2ccc3c(c2)ncn3C)c1Cl. The van der Waals surface area contributed by atoms with Gasteiger partial charge < -0.3 is 14.9 Å². The summed E-state index contributed by atoms with van der Waals surface area (Å²) in [6, 6.07) is 5.93. The highest BCUT2D eigenvalue weighted by Gasteiger charge is 2.13. The number of anilines is 1. The molecule has 0 amide bonds. The summed E-state index contributed by atoms with van der Waals surface area (Å²) in [7, 11) is 3.74. The van der Waals surface area contributed by atoms with Crippen LogP contribution in [0.15, 0.2) is 24.5 Å². The summed E-state index contributed by atoms with van der Waals surface area (Å²) in [5.74, 6) is 0.399. The molecule has 0 radical (unpaired) electrons. The number of hydrogen-bond donors (Lipinski definition) is 1. The Morgan fingerprint density at radius 1 is 1.28 bits per heavy atom. The quantitative estimate of drug-likeness (QED) is 0.731. The van der Waals surface area contributed by atoms with E-state index in [0.29, 0.717) is 16.8 Å². The van der Waals surface area contributed by atoms with Crippen molar-refractivity contribution in [2.45, 2.75) is 0 Å². The molecule has 3 rings (SSSR count). The molecule has 18 heavy (non-hydrogen) atoms. The molecule has 0 bridgehead atoms. The summed E-state index contributed by atoms with van der Waals surface area (Å²) in [6.07, 6.45) is 1.78. The molecular weight excluding hydrogens is 250 g/mol. The molecule has 0 unspecified atom stereocenters. The maximum Gasteiger partial charge on any atom is 0.201 e. The molecule has 5 nitrogen and oxygen atoms in total. The number of benzene rings is 1. The van der Waals surface area contributed by atoms with Crippen molar-refractivity contribution in [1.82, 2.24) is 19.1 Å². The van der Waals surface area contributed by atoms with Crippen LogP contribution in [0, 0.1) is 0 Å². The summed E-state index contributed by atoms with van der Waals surface area (Å²) in [5.41, 5.74) is 9.32. The van der Waals surface area contributed by atoms with E-state index in [0.717, 1.165) is 16.6 Å². The Kier molecular flexibility index (Phi) is 2.31. The van der Waals surface area contributed by atoms with Crippen LogP contribution in [0.2, 0.25) is 5.15 Å². The smallest absolute Gasteiger partial charge is 0.201 e. The molecule has 2 heterocycles. The largest absolute Gasteiger partial charge is 0.369 e. The van der Waals surface area contributed by atoms with Crippen LogP contribution in [0.5, 0.6) is 0 Å². The average molecular weight is 262 g/mol. The molecular formula is C12H12ClN5. The van der Waals surface area contributed by atoms with E-state index in [1.54, 1.807) is 17.9 Å². The van der Waals surface area contributed by atoms with Crippen molar-refractivity contribution in [2.75, 3.05) is 5.73 Å². The van der Waals surface area contributed by atoms with Gasteiger partial charge in [-0.1, -0.05) is 17.7 Å². The predicted molar refractivity (Wildman–Crippen MR) is 72.3 cm³/mol. The first-order valence-corrected chi connectivity index (χ1v) is 5.85. The van der Waals surface area contributed by atoms with Crippen LogP contribution < -0.4 is 5.73 Å². The first kappa shape index (κ1) is 11.1. The second kappa shape index (κ2) is 3.74. The maximum absolute atomic E-state index is 6.20. The lowest BCUT2D eigenvalue weighted by atomic mass is 10.1. The van der Waals surface area contributed by atoms with Crippen molar-refractivity contribution >= 4 is 28.6 Å². The van der Waals surface area contributed by atoms with Gasteiger partial charge >= 0.3 is 0 Å². The molecule has 3 aromatic rings. The Morgan fingerprint density at radius 2 is 2.06 bits per heavy atom. The van der Waals surface area contributed by atoms with Gasteiger partial charge in [0.15, 0.2) is 0 Å². The molecule has 2 aromatic heterocycles. The van der Waals surface area contributed by atoms with Crippen molar-refractivity contribution in [3.8, 4) is 11.3 Å². The van der Waals surface area contributed by atoms with Crippen molar-refractivity contribution in [3.63, 3.8) is 0 Å². The van der Waals surface area contributed by atoms with Crippen LogP contribution in [0.25, 0.3) is 22.3 Å². The van der Waals surface area contributed by atoms with E-state index < -0.39 is 0 Å². The second-order valence-corrected chi connectivity index (χ2v) is 4.59. The van der Waals surface area contributed by atoms with Gasteiger partial charge in [0.2, 0.25) is 5.95 Å². The number of rotatable bonds is 1. The normalized spacial score (nSPS) is 11.3. The highest BCUT2D eigenvalue weighted by molar-refractivity contribution is 6.32. The number of aryl methyl sites for hydroxylation is 1. The van der Waals surface area contributed by atoms with Crippen LogP contribution in [-0.4, -0.2) is 19.1 Å². The van der Waals surface area contributed by atoms with Crippen LogP contribution in [0.4, 0.5) is 5.95 Å². The number of hydrogen-bond acceptors (Lipinski definition) is 3. The summed E-state index contributed by atoms with van der Waals surface area (Å²) in [5, 5.41) is 0.530. The number of imidazole rings is 2. The first-order valence-electron chi connectivity index (χ1n) is 5.47. The van der Waals surface area contributed by atoms with Gasteiger partial charge in [0.25, 0.3) is 0 Å². The van der Waals surface area contributed by atoms with Crippen LogP contribution in [-0.2, 0) is 14.1 Å². The third-order valence-corrected chi connectivity index (χ3v) is 3.49. The monoisotopic (exact) mass is 261 g/mol. The van der Waals surface area contributed by atoms with Gasteiger partial charge in [0.05, 0.1) is 17.4 Å². The lowest BCUT2D eigenvalue weighted by molar-refractivity contribution is 0.931. The lowest BCUT2D eigenvalue weighted by Gasteiger charge is -2.00. The molecule has 2 N–H and O–H groups in total. The Balaban J connectivity index is 2.22. The fourth-order valence-electron chi connectivity index (χ4n) is 1.96. The molecule has 0 aliphatic carbocycles. The zero-order chi connectivity index (χ0) is 12.9. The highest BCUT2D eigenvalue weighted by Crippen LogP contribution is 2.30. The number of halogens is 1. The van der Waals surface area contributed by atoms with Crippen LogP contribution in [0.1, 0.15) is 0 Å². The zero-order valence-electron chi connectivity index (χ0n) is 10.1. The van der Waals surface area contributed by atoms with E-state index in [9.17, 15) is 0 Å². The predicted octanol–water partition coefficient (Wildman–Crippen LogP) is 2.21. The average Bonchev–Trinajstić information content (AvgIpc) is 2.85. The number of aromatic nitrogens is 4. The summed E-state index contributed by atoms with van der Waals surface area (Å²) in [6.45, 7) is 0. The molecule has 0 fully saturated rings. The van der Waals surface area contributed by atoms with Gasteiger partial charge in [-0.25, -0.2) is 9.97 Å². The van der Waals surface area contributed by atoms with E-state index in [2.05, 4.69) is 9.97 Å². The maximum atomic E-state index is 6.20. The lowest BCUT2D eigenvalue weighted by Crippen LogP contribution is -1.96. The first-order chi connectivity index (χ1) is 8.58. The fourth-order valence-corrected chi connectivity index (χ4v) is 2.20. The van der Waals surface area contributed by atoms with Crippen molar-refractivity contribution < 1.29 is 0 Å². The molecule has 0 saturated heterocycles. The summed E-state index contributed by atoms with van der Waals surface area (Å²) in [4.78, 5) is 8.59. The Morgan fingerprint density at radius 3 is 2.72 bits per heavy atom. The van der Waals surface area contributed by atoms with E-state index >= 15 is 0 Å². The summed E-state index contributed by atoms with van der Waals surface area (Å²) < 4.78 is 3.62. The van der Waals surface area contributed by atoms with Crippen LogP contribution >= 0.6 is 11.6 Å². The Labute approximate surface area is 109 Å². The van der Waals surface area contributed by atoms with Crippen molar-refractivity contribution in [1.29, 1.82) is 0 Å². The number of fused-ring (bicyclic) bond motifs is 1. The van der Waals surface area contributed by atoms with Gasteiger partial charge in [-0.05, 0) is 12.1 Å². The number of nitrogens with zero attached hydrogens (tertiary/aromatic N) is 4. The Bertz CT molecular complexity index is 740. The van der Waals surface area contributed by atoms with E-state index in [1.165, 1.54) is 0 Å². The molecule has 92 valence electrons. The highest BCUT2D eigenvalue weighted by atomic mass is 35.5. The fraction of sp³-hybridized carbons (Fsp3) is 0.167. The van der Waals surface area contributed by atoms with Gasteiger partial charge in [-0.15, -0.1) is 0 Å². The Hall–Kier alpha value is -2.01. The molecule has 1 aromatic carbocycles. The third-order valence-electron chi connectivity index (χ3n) is 3.06. The number of nitrogens with two attached hydrogens (primary N) is 1. The van der Waals surface area contributed by atoms with Crippen molar-refractivity contribution in [3.05, 3.63) is 29.7 Å². The van der Waals surface area contributed by atoms with Gasteiger partial charge in [0.1, 0.15) is 10.8 Å². The zero-order valence-corrected chi connectivity index (χ0v) is 10.8. The van der Waals surface area contributed by atoms with E-state index in [1.807, 2.05) is 29.8 Å². The molecule has 0 aliphatic rings. The minimum absolute atomic E-state index is 0.399. The third kappa shape index (κ3) is 1.48. The van der Waals surface area contributed by atoms with Gasteiger partial charge in [0, 0.05) is 19.7 Å². The van der Waals surface area contributed by atoms with Gasteiger partial charge in [-0.3, -0.25) is 0 Å². The molecule has 0 aliphatic heterocycles. The van der Waals surface area contributed by atoms with Crippen LogP contribution in [0.3, 0.4) is 0 Å². The molecule has 0 spiro atoms. The second-order valence-electron chi connectivity index (χ2n) is 4.23. The van der Waals surface area contributed by atoms with Crippen molar-refractivity contribution in [2.24, 2.45) is 14.1 Å². The minimum atomic E-state index is 0.399. The standard InChI is InChI=1S/C12H12ClN5/c1-17-6-15-8-5-7(3-4-9(8)17)10-11(13)18(2)12(14)16-10/h3-6H,1-2H3,(H2,14,16). The molecule has 6 heteroatoms. The van der Waals surface area contributed by atoms with Gasteiger partial charge in [-0.2, -0.15) is 0 Å². The minimum Gasteiger partial charge on any atom is -0.369 e. The molecule has 0 atom stereocenters. The molecule has 0 saturated carbocycles. The summed E-state index contributed by atoms with van der Waals surface area (Å²) >= 11 is 6.20. The topological polar surface area (TPSA) is 61.7 Å². The number of nitrogen functional groups attached to an aromatic ring is 1.